The second kappa shape index (κ2) is 10.6. The summed E-state index contributed by atoms with van der Waals surface area (Å²) in [7, 11) is 0. The first kappa shape index (κ1) is 27.4. The number of nitrogens with zero attached hydrogens (tertiary/aromatic N) is 2. The van der Waals surface area contributed by atoms with Crippen molar-refractivity contribution in [2.45, 2.75) is 112 Å². The first-order valence-corrected chi connectivity index (χ1v) is 14.9. The third kappa shape index (κ3) is 4.82. The van der Waals surface area contributed by atoms with Crippen LogP contribution in [0.4, 0.5) is 4.79 Å². The van der Waals surface area contributed by atoms with Gasteiger partial charge in [0.1, 0.15) is 0 Å². The van der Waals surface area contributed by atoms with Gasteiger partial charge in [-0.15, -0.1) is 0 Å². The Bertz CT molecular complexity index is 869. The molecular weight excluding hydrogens is 448 g/mol. The number of rotatable bonds is 7. The molecule has 6 heteroatoms. The number of hydrogen-bond acceptors (Lipinski definition) is 4. The number of hydrazone groups is 1. The number of nitrogens with one attached hydrogen (secondary N) is 1. The molecule has 4 N–H and O–H groups in total. The van der Waals surface area contributed by atoms with Crippen molar-refractivity contribution >= 4 is 17.5 Å². The molecule has 0 aliphatic heterocycles. The molecule has 4 rings (SSSR count). The first-order valence-electron chi connectivity index (χ1n) is 14.9. The number of urea groups is 1. The maximum Gasteiger partial charge on any atom is 0.332 e. The van der Waals surface area contributed by atoms with E-state index in [4.69, 9.17) is 5.73 Å². The summed E-state index contributed by atoms with van der Waals surface area (Å²) in [5.41, 5.74) is 10.4. The number of fused-ring (bicyclic) bond motifs is 5. The van der Waals surface area contributed by atoms with Crippen molar-refractivity contribution in [2.75, 3.05) is 0 Å². The van der Waals surface area contributed by atoms with Crippen molar-refractivity contribution in [3.8, 4) is 0 Å². The van der Waals surface area contributed by atoms with Crippen LogP contribution in [0.2, 0.25) is 0 Å². The Morgan fingerprint density at radius 2 is 1.81 bits per heavy atom. The van der Waals surface area contributed by atoms with E-state index in [2.05, 4.69) is 57.2 Å². The van der Waals surface area contributed by atoms with Crippen molar-refractivity contribution in [1.82, 2.24) is 5.43 Å². The zero-order chi connectivity index (χ0) is 26.3. The van der Waals surface area contributed by atoms with E-state index in [0.717, 1.165) is 66.7 Å². The zero-order valence-electron chi connectivity index (χ0n) is 23.7. The van der Waals surface area contributed by atoms with E-state index in [1.165, 1.54) is 44.9 Å². The van der Waals surface area contributed by atoms with E-state index in [1.807, 2.05) is 0 Å². The fraction of sp³-hybridized carbons (Fsp3) is 0.900. The molecule has 0 spiro atoms. The molecule has 4 aliphatic rings. The predicted octanol–water partition coefficient (Wildman–Crippen LogP) is 7.21. The van der Waals surface area contributed by atoms with E-state index in [1.54, 1.807) is 0 Å². The number of amides is 2. The van der Waals surface area contributed by atoms with Crippen molar-refractivity contribution in [2.24, 2.45) is 74.2 Å². The van der Waals surface area contributed by atoms with Crippen LogP contribution in [-0.4, -0.2) is 22.7 Å². The molecule has 0 heterocycles. The Kier molecular flexibility index (Phi) is 8.12. The summed E-state index contributed by atoms with van der Waals surface area (Å²) in [5.74, 6) is 5.43. The highest BCUT2D eigenvalue weighted by Gasteiger charge is 2.62. The summed E-state index contributed by atoms with van der Waals surface area (Å²) in [6.45, 7) is 14.7. The number of carbonyl (C=O) groups is 1. The molecule has 4 fully saturated rings. The summed E-state index contributed by atoms with van der Waals surface area (Å²) in [5, 5.41) is 17.7. The minimum absolute atomic E-state index is 0.131. The Balaban J connectivity index is 1.57. The molecule has 0 radical (unpaired) electrons. The molecule has 0 aromatic heterocycles. The minimum Gasteiger partial charge on any atom is -0.411 e. The second-order valence-corrected chi connectivity index (χ2v) is 13.8. The monoisotopic (exact) mass is 500 g/mol. The van der Waals surface area contributed by atoms with Gasteiger partial charge in [0, 0.05) is 11.6 Å². The largest absolute Gasteiger partial charge is 0.411 e. The average molecular weight is 501 g/mol. The van der Waals surface area contributed by atoms with Crippen molar-refractivity contribution < 1.29 is 10.0 Å². The number of carbonyl (C=O) groups excluding carboxylic acids is 1. The lowest BCUT2D eigenvalue weighted by Crippen LogP contribution is -2.57. The zero-order valence-corrected chi connectivity index (χ0v) is 23.7. The van der Waals surface area contributed by atoms with Crippen LogP contribution in [0, 0.1) is 58.2 Å². The molecule has 0 aromatic rings. The van der Waals surface area contributed by atoms with Gasteiger partial charge in [0.15, 0.2) is 0 Å². The molecule has 204 valence electrons. The van der Waals surface area contributed by atoms with E-state index in [9.17, 15) is 10.0 Å². The van der Waals surface area contributed by atoms with Crippen LogP contribution in [-0.2, 0) is 0 Å². The molecular formula is C30H52N4O2. The minimum atomic E-state index is -0.604. The topological polar surface area (TPSA) is 100 Å². The molecule has 9 atom stereocenters. The smallest absolute Gasteiger partial charge is 0.332 e. The Morgan fingerprint density at radius 1 is 1.08 bits per heavy atom. The van der Waals surface area contributed by atoms with Crippen molar-refractivity contribution in [3.63, 3.8) is 0 Å². The van der Waals surface area contributed by atoms with Gasteiger partial charge in [-0.05, 0) is 110 Å². The summed E-state index contributed by atoms with van der Waals surface area (Å²) in [6.07, 6.45) is 12.9. The van der Waals surface area contributed by atoms with Gasteiger partial charge in [0.2, 0.25) is 0 Å². The average Bonchev–Trinajstić information content (AvgIpc) is 3.19. The Hall–Kier alpha value is -1.59. The number of hydrogen-bond donors (Lipinski definition) is 3. The molecule has 6 nitrogen and oxygen atoms in total. The Morgan fingerprint density at radius 3 is 2.44 bits per heavy atom. The summed E-state index contributed by atoms with van der Waals surface area (Å²) < 4.78 is 0. The number of nitrogens with two attached hydrogens (primary N) is 1. The lowest BCUT2D eigenvalue weighted by Gasteiger charge is -2.60. The van der Waals surface area contributed by atoms with Gasteiger partial charge in [-0.2, -0.15) is 5.10 Å². The molecule has 4 saturated carbocycles. The van der Waals surface area contributed by atoms with Crippen LogP contribution in [0.1, 0.15) is 112 Å². The van der Waals surface area contributed by atoms with Crippen LogP contribution in [0.5, 0.6) is 0 Å². The first-order chi connectivity index (χ1) is 17.0. The lowest BCUT2D eigenvalue weighted by molar-refractivity contribution is -0.0729. The van der Waals surface area contributed by atoms with Crippen molar-refractivity contribution in [3.05, 3.63) is 0 Å². The van der Waals surface area contributed by atoms with E-state index in [0.29, 0.717) is 17.3 Å². The van der Waals surface area contributed by atoms with Crippen LogP contribution in [0.3, 0.4) is 0 Å². The maximum atomic E-state index is 11.6. The molecule has 0 saturated heterocycles. The number of primary amides is 1. The third-order valence-corrected chi connectivity index (χ3v) is 12.0. The molecule has 36 heavy (non-hydrogen) atoms. The normalized spacial score (nSPS) is 42.0. The van der Waals surface area contributed by atoms with Gasteiger partial charge in [-0.25, -0.2) is 10.2 Å². The van der Waals surface area contributed by atoms with Crippen LogP contribution >= 0.6 is 0 Å². The highest BCUT2D eigenvalue weighted by Crippen LogP contribution is 2.67. The van der Waals surface area contributed by atoms with Crippen molar-refractivity contribution in [1.29, 1.82) is 0 Å². The van der Waals surface area contributed by atoms with Gasteiger partial charge in [0.05, 0.1) is 5.71 Å². The van der Waals surface area contributed by atoms with E-state index >= 15 is 0 Å². The molecule has 2 amide bonds. The van der Waals surface area contributed by atoms with Crippen LogP contribution in [0.15, 0.2) is 10.3 Å². The summed E-state index contributed by atoms with van der Waals surface area (Å²) >= 11 is 0. The van der Waals surface area contributed by atoms with Gasteiger partial charge in [0.25, 0.3) is 0 Å². The van der Waals surface area contributed by atoms with Crippen LogP contribution in [0.25, 0.3) is 0 Å². The third-order valence-electron chi connectivity index (χ3n) is 12.0. The molecule has 4 aliphatic carbocycles. The summed E-state index contributed by atoms with van der Waals surface area (Å²) in [4.78, 5) is 11.6. The predicted molar refractivity (Wildman–Crippen MR) is 147 cm³/mol. The van der Waals surface area contributed by atoms with Gasteiger partial charge in [-0.3, -0.25) is 0 Å². The lowest BCUT2D eigenvalue weighted by atomic mass is 9.44. The van der Waals surface area contributed by atoms with Gasteiger partial charge >= 0.3 is 6.03 Å². The molecule has 1 unspecified atom stereocenters. The fourth-order valence-electron chi connectivity index (χ4n) is 9.88. The molecule has 0 aromatic carbocycles. The van der Waals surface area contributed by atoms with Crippen LogP contribution < -0.4 is 11.2 Å². The second-order valence-electron chi connectivity index (χ2n) is 13.8. The number of oxime groups is 1. The van der Waals surface area contributed by atoms with E-state index in [-0.39, 0.29) is 11.3 Å². The highest BCUT2D eigenvalue weighted by molar-refractivity contribution is 5.96. The summed E-state index contributed by atoms with van der Waals surface area (Å²) in [6, 6.07) is -0.604. The standard InChI is InChI=1S/C30H52N4O2/c1-7-20(18(2)3)9-8-19(4)23-10-11-24-22-17-27(32-33-28(31)35)26-16-21(34-36)12-14-30(26,6)25(22)13-15-29(23,24)5/h18-20,22-26,36H,7-17H2,1-6H3,(H3,31,33,35)/b32-27-,34-21+/t19-,20-,22+,23-,24+,25+,26?,29-,30-/m1/s1. The Labute approximate surface area is 219 Å². The van der Waals surface area contributed by atoms with Gasteiger partial charge in [-0.1, -0.05) is 59.5 Å². The molecule has 0 bridgehead atoms. The fourth-order valence-corrected chi connectivity index (χ4v) is 9.88. The quantitative estimate of drug-likeness (QED) is 0.254. The maximum absolute atomic E-state index is 11.6. The van der Waals surface area contributed by atoms with E-state index < -0.39 is 6.03 Å². The highest BCUT2D eigenvalue weighted by atomic mass is 16.4. The van der Waals surface area contributed by atoms with Gasteiger partial charge < -0.3 is 10.9 Å². The SMILES string of the molecule is CC[C@H](CC[C@@H](C)[C@H]1CC[C@H]2[C@@H]3C/C(=N/NC(N)=O)C4C/C(=N/O)CC[C@]4(C)[C@H]3CC[C@]12C)C(C)C.